The first-order valence-electron chi connectivity index (χ1n) is 11.2. The molecular weight excluding hydrogens is 400 g/mol. The summed E-state index contributed by atoms with van der Waals surface area (Å²) in [6.07, 6.45) is 4.55. The third-order valence-electron chi connectivity index (χ3n) is 5.82. The molecule has 0 radical (unpaired) electrons. The van der Waals surface area contributed by atoms with E-state index in [0.717, 1.165) is 51.5 Å². The standard InChI is InChI=1S/C22H36N4O3S/c1-2-23-22(24-12-14-30(27,28)25-15-19-9-6-10-19)26-13-11-21(16-26)18-29-17-20-7-4-3-5-8-20/h3-5,7-8,19,21,25H,2,6,9-18H2,1H3,(H,23,24). The highest BCUT2D eigenvalue weighted by Crippen LogP contribution is 2.25. The number of hydrogen-bond acceptors (Lipinski definition) is 4. The van der Waals surface area contributed by atoms with Crippen LogP contribution in [0.15, 0.2) is 35.3 Å². The van der Waals surface area contributed by atoms with Crippen LogP contribution >= 0.6 is 0 Å². The molecule has 8 heteroatoms. The molecule has 2 fully saturated rings. The van der Waals surface area contributed by atoms with Crippen LogP contribution in [-0.2, 0) is 21.4 Å². The Kier molecular flexibility index (Phi) is 8.96. The van der Waals surface area contributed by atoms with Gasteiger partial charge in [-0.15, -0.1) is 0 Å². The van der Waals surface area contributed by atoms with Crippen molar-refractivity contribution >= 4 is 16.0 Å². The van der Waals surface area contributed by atoms with E-state index in [4.69, 9.17) is 4.74 Å². The van der Waals surface area contributed by atoms with E-state index in [0.29, 0.717) is 25.0 Å². The summed E-state index contributed by atoms with van der Waals surface area (Å²) in [7, 11) is -3.26. The summed E-state index contributed by atoms with van der Waals surface area (Å²) in [6.45, 7) is 6.80. The Morgan fingerprint density at radius 1 is 1.20 bits per heavy atom. The summed E-state index contributed by atoms with van der Waals surface area (Å²) in [4.78, 5) is 6.79. The van der Waals surface area contributed by atoms with Gasteiger partial charge in [0.05, 0.1) is 25.5 Å². The smallest absolute Gasteiger partial charge is 0.213 e. The Hall–Kier alpha value is -1.64. The molecule has 1 atom stereocenters. The molecule has 30 heavy (non-hydrogen) atoms. The summed E-state index contributed by atoms with van der Waals surface area (Å²) in [6, 6.07) is 10.2. The Balaban J connectivity index is 1.41. The Bertz CT molecular complexity index is 766. The van der Waals surface area contributed by atoms with E-state index >= 15 is 0 Å². The maximum atomic E-state index is 12.2. The van der Waals surface area contributed by atoms with Gasteiger partial charge in [0.25, 0.3) is 0 Å². The second-order valence-electron chi connectivity index (χ2n) is 8.30. The molecule has 7 nitrogen and oxygen atoms in total. The molecule has 1 aliphatic heterocycles. The molecule has 0 aromatic heterocycles. The monoisotopic (exact) mass is 436 g/mol. The molecule has 168 valence electrons. The number of rotatable bonds is 11. The van der Waals surface area contributed by atoms with Gasteiger partial charge in [-0.1, -0.05) is 36.8 Å². The highest BCUT2D eigenvalue weighted by atomic mass is 32.2. The largest absolute Gasteiger partial charge is 0.376 e. The van der Waals surface area contributed by atoms with Gasteiger partial charge in [0, 0.05) is 32.1 Å². The Morgan fingerprint density at radius 2 is 2.00 bits per heavy atom. The number of nitrogens with zero attached hydrogens (tertiary/aromatic N) is 2. The lowest BCUT2D eigenvalue weighted by molar-refractivity contribution is 0.0907. The molecule has 2 N–H and O–H groups in total. The molecule has 3 rings (SSSR count). The van der Waals surface area contributed by atoms with Gasteiger partial charge in [0.15, 0.2) is 5.96 Å². The van der Waals surface area contributed by atoms with E-state index in [2.05, 4.69) is 32.1 Å². The van der Waals surface area contributed by atoms with Crippen molar-refractivity contribution in [3.63, 3.8) is 0 Å². The fourth-order valence-corrected chi connectivity index (χ4v) is 4.76. The third-order valence-corrected chi connectivity index (χ3v) is 7.15. The van der Waals surface area contributed by atoms with Crippen molar-refractivity contribution in [2.75, 3.05) is 45.1 Å². The van der Waals surface area contributed by atoms with Gasteiger partial charge in [-0.25, -0.2) is 13.1 Å². The zero-order valence-electron chi connectivity index (χ0n) is 18.1. The van der Waals surface area contributed by atoms with Crippen LogP contribution in [0.5, 0.6) is 0 Å². The van der Waals surface area contributed by atoms with Crippen molar-refractivity contribution < 1.29 is 13.2 Å². The number of benzene rings is 1. The normalized spacial score (nSPS) is 20.4. The fourth-order valence-electron chi connectivity index (χ4n) is 3.79. The number of guanidine groups is 1. The summed E-state index contributed by atoms with van der Waals surface area (Å²) >= 11 is 0. The molecule has 0 amide bonds. The Morgan fingerprint density at radius 3 is 2.70 bits per heavy atom. The van der Waals surface area contributed by atoms with Gasteiger partial charge >= 0.3 is 0 Å². The molecule has 1 aromatic carbocycles. The highest BCUT2D eigenvalue weighted by Gasteiger charge is 2.25. The minimum atomic E-state index is -3.26. The van der Waals surface area contributed by atoms with Crippen LogP contribution in [0.25, 0.3) is 0 Å². The van der Waals surface area contributed by atoms with E-state index in [1.54, 1.807) is 0 Å². The van der Waals surface area contributed by atoms with Gasteiger partial charge in [-0.2, -0.15) is 0 Å². The number of hydrogen-bond donors (Lipinski definition) is 2. The maximum absolute atomic E-state index is 12.2. The molecular formula is C22H36N4O3S. The minimum absolute atomic E-state index is 0.0338. The van der Waals surface area contributed by atoms with E-state index in [1.165, 1.54) is 12.0 Å². The number of nitrogens with one attached hydrogen (secondary N) is 2. The second kappa shape index (κ2) is 11.7. The average Bonchev–Trinajstić information content (AvgIpc) is 3.15. The molecule has 0 bridgehead atoms. The van der Waals surface area contributed by atoms with Crippen LogP contribution in [-0.4, -0.2) is 64.4 Å². The first-order chi connectivity index (χ1) is 14.6. The first-order valence-corrected chi connectivity index (χ1v) is 12.8. The van der Waals surface area contributed by atoms with Gasteiger partial charge < -0.3 is 15.0 Å². The predicted molar refractivity (Wildman–Crippen MR) is 121 cm³/mol. The fraction of sp³-hybridized carbons (Fsp3) is 0.682. The quantitative estimate of drug-likeness (QED) is 0.411. The summed E-state index contributed by atoms with van der Waals surface area (Å²) in [5.74, 6) is 1.82. The number of ether oxygens (including phenoxy) is 1. The van der Waals surface area contributed by atoms with Crippen LogP contribution < -0.4 is 10.0 Å². The van der Waals surface area contributed by atoms with Crippen molar-refractivity contribution in [1.82, 2.24) is 14.9 Å². The highest BCUT2D eigenvalue weighted by molar-refractivity contribution is 7.89. The van der Waals surface area contributed by atoms with Gasteiger partial charge in [-0.3, -0.25) is 4.99 Å². The summed E-state index contributed by atoms with van der Waals surface area (Å²) < 4.78 is 33.0. The van der Waals surface area contributed by atoms with E-state index in [1.807, 2.05) is 25.1 Å². The number of likely N-dealkylation sites (tertiary alicyclic amines) is 1. The van der Waals surface area contributed by atoms with Crippen molar-refractivity contribution in [1.29, 1.82) is 0 Å². The lowest BCUT2D eigenvalue weighted by Gasteiger charge is -2.25. The van der Waals surface area contributed by atoms with Crippen LogP contribution in [0, 0.1) is 11.8 Å². The van der Waals surface area contributed by atoms with Crippen LogP contribution in [0.1, 0.15) is 38.2 Å². The van der Waals surface area contributed by atoms with Gasteiger partial charge in [0.1, 0.15) is 0 Å². The van der Waals surface area contributed by atoms with Crippen LogP contribution in [0.4, 0.5) is 0 Å². The predicted octanol–water partition coefficient (Wildman–Crippen LogP) is 2.21. The number of aliphatic imine (C=N–C) groups is 1. The lowest BCUT2D eigenvalue weighted by Crippen LogP contribution is -2.41. The average molecular weight is 437 g/mol. The van der Waals surface area contributed by atoms with E-state index in [-0.39, 0.29) is 12.3 Å². The topological polar surface area (TPSA) is 83.0 Å². The lowest BCUT2D eigenvalue weighted by atomic mass is 9.86. The zero-order chi connectivity index (χ0) is 21.2. The molecule has 1 unspecified atom stereocenters. The summed E-state index contributed by atoms with van der Waals surface area (Å²) in [5.41, 5.74) is 1.19. The molecule has 1 saturated heterocycles. The van der Waals surface area contributed by atoms with Crippen molar-refractivity contribution in [2.24, 2.45) is 16.8 Å². The summed E-state index contributed by atoms with van der Waals surface area (Å²) in [5, 5.41) is 3.30. The third kappa shape index (κ3) is 7.56. The maximum Gasteiger partial charge on any atom is 0.213 e. The molecule has 1 aromatic rings. The van der Waals surface area contributed by atoms with Crippen molar-refractivity contribution in [3.8, 4) is 0 Å². The molecule has 1 heterocycles. The zero-order valence-corrected chi connectivity index (χ0v) is 18.9. The van der Waals surface area contributed by atoms with E-state index < -0.39 is 10.0 Å². The van der Waals surface area contributed by atoms with Crippen LogP contribution in [0.3, 0.4) is 0 Å². The van der Waals surface area contributed by atoms with Gasteiger partial charge in [-0.05, 0) is 37.7 Å². The van der Waals surface area contributed by atoms with E-state index in [9.17, 15) is 8.42 Å². The van der Waals surface area contributed by atoms with Crippen molar-refractivity contribution in [2.45, 2.75) is 39.2 Å². The SMILES string of the molecule is CCNC(=NCCS(=O)(=O)NCC1CCC1)N1CCC(COCc2ccccc2)C1. The van der Waals surface area contributed by atoms with Crippen molar-refractivity contribution in [3.05, 3.63) is 35.9 Å². The Labute approximate surface area is 181 Å². The molecule has 1 aliphatic carbocycles. The van der Waals surface area contributed by atoms with Gasteiger partial charge in [0.2, 0.25) is 10.0 Å². The molecule has 0 spiro atoms. The van der Waals surface area contributed by atoms with Crippen LogP contribution in [0.2, 0.25) is 0 Å². The molecule has 1 saturated carbocycles. The first kappa shape index (κ1) is 23.0. The minimum Gasteiger partial charge on any atom is -0.376 e. The second-order valence-corrected chi connectivity index (χ2v) is 10.2. The molecule has 2 aliphatic rings. The number of sulfonamides is 1.